The highest BCUT2D eigenvalue weighted by Crippen LogP contribution is 2.27. The number of thiophene rings is 1. The minimum Gasteiger partial charge on any atom is -0.320 e. The first-order valence-electron chi connectivity index (χ1n) is 5.90. The highest BCUT2D eigenvalue weighted by molar-refractivity contribution is 7.12. The van der Waals surface area contributed by atoms with Gasteiger partial charge >= 0.3 is 0 Å². The molecule has 3 aromatic rings. The summed E-state index contributed by atoms with van der Waals surface area (Å²) < 4.78 is 0. The van der Waals surface area contributed by atoms with Crippen molar-refractivity contribution < 1.29 is 0 Å². The van der Waals surface area contributed by atoms with Gasteiger partial charge in [0.15, 0.2) is 0 Å². The van der Waals surface area contributed by atoms with Crippen LogP contribution in [0.1, 0.15) is 21.4 Å². The van der Waals surface area contributed by atoms with E-state index in [1.165, 1.54) is 9.75 Å². The predicted octanol–water partition coefficient (Wildman–Crippen LogP) is 3.65. The molecule has 0 saturated heterocycles. The van der Waals surface area contributed by atoms with Crippen molar-refractivity contribution in [1.82, 2.24) is 4.98 Å². The molecule has 0 saturated carbocycles. The lowest BCUT2D eigenvalue weighted by Crippen LogP contribution is -2.09. The number of nitrogens with two attached hydrogens (primary N) is 1. The third-order valence-corrected chi connectivity index (χ3v) is 4.14. The summed E-state index contributed by atoms with van der Waals surface area (Å²) in [5, 5.41) is 1.14. The summed E-state index contributed by atoms with van der Waals surface area (Å²) in [6, 6.07) is 14.4. The molecule has 0 aliphatic carbocycles. The van der Waals surface area contributed by atoms with Crippen LogP contribution in [0.4, 0.5) is 0 Å². The van der Waals surface area contributed by atoms with Gasteiger partial charge in [0, 0.05) is 21.3 Å². The molecule has 2 heterocycles. The Kier molecular flexibility index (Phi) is 2.86. The second-order valence-corrected chi connectivity index (χ2v) is 5.70. The number of benzene rings is 1. The molecular formula is C15H14N2S. The number of fused-ring (bicyclic) bond motifs is 1. The molecule has 1 atom stereocenters. The maximum absolute atomic E-state index is 6.31. The molecule has 2 N–H and O–H groups in total. The largest absolute Gasteiger partial charge is 0.320 e. The van der Waals surface area contributed by atoms with Gasteiger partial charge in [-0.1, -0.05) is 12.1 Å². The fourth-order valence-electron chi connectivity index (χ4n) is 2.07. The lowest BCUT2D eigenvalue weighted by molar-refractivity contribution is 0.895. The van der Waals surface area contributed by atoms with Crippen LogP contribution in [-0.4, -0.2) is 4.98 Å². The van der Waals surface area contributed by atoms with Gasteiger partial charge < -0.3 is 5.73 Å². The van der Waals surface area contributed by atoms with Crippen molar-refractivity contribution in [3.8, 4) is 0 Å². The van der Waals surface area contributed by atoms with E-state index in [0.29, 0.717) is 0 Å². The van der Waals surface area contributed by atoms with Crippen LogP contribution in [0, 0.1) is 6.92 Å². The van der Waals surface area contributed by atoms with Crippen LogP contribution < -0.4 is 5.73 Å². The Morgan fingerprint density at radius 1 is 1.17 bits per heavy atom. The second-order valence-electron chi connectivity index (χ2n) is 4.38. The van der Waals surface area contributed by atoms with Crippen LogP contribution in [-0.2, 0) is 0 Å². The molecule has 0 spiro atoms. The smallest absolute Gasteiger partial charge is 0.0702 e. The zero-order chi connectivity index (χ0) is 12.5. The van der Waals surface area contributed by atoms with Gasteiger partial charge in [0.05, 0.1) is 11.6 Å². The van der Waals surface area contributed by atoms with Gasteiger partial charge in [-0.25, -0.2) is 0 Å². The molecule has 2 aromatic heterocycles. The average Bonchev–Trinajstić information content (AvgIpc) is 2.84. The number of hydrogen-bond donors (Lipinski definition) is 1. The van der Waals surface area contributed by atoms with Crippen molar-refractivity contribution in [3.05, 3.63) is 64.0 Å². The first-order valence-corrected chi connectivity index (χ1v) is 6.72. The minimum atomic E-state index is -0.0479. The summed E-state index contributed by atoms with van der Waals surface area (Å²) in [7, 11) is 0. The van der Waals surface area contributed by atoms with Crippen molar-refractivity contribution in [2.75, 3.05) is 0 Å². The zero-order valence-corrected chi connectivity index (χ0v) is 10.9. The number of pyridine rings is 1. The number of rotatable bonds is 2. The van der Waals surface area contributed by atoms with Crippen LogP contribution >= 0.6 is 11.3 Å². The van der Waals surface area contributed by atoms with E-state index in [0.717, 1.165) is 16.5 Å². The molecule has 18 heavy (non-hydrogen) atoms. The lowest BCUT2D eigenvalue weighted by atomic mass is 10.0. The quantitative estimate of drug-likeness (QED) is 0.758. The zero-order valence-electron chi connectivity index (χ0n) is 10.1. The van der Waals surface area contributed by atoms with Crippen LogP contribution in [0.25, 0.3) is 10.9 Å². The first-order chi connectivity index (χ1) is 8.74. The fourth-order valence-corrected chi connectivity index (χ4v) is 2.98. The third kappa shape index (κ3) is 2.03. The molecule has 1 aromatic carbocycles. The third-order valence-electron chi connectivity index (χ3n) is 3.05. The van der Waals surface area contributed by atoms with E-state index in [4.69, 9.17) is 5.73 Å². The van der Waals surface area contributed by atoms with Crippen LogP contribution in [0.3, 0.4) is 0 Å². The molecule has 0 amide bonds. The number of hydrogen-bond acceptors (Lipinski definition) is 3. The van der Waals surface area contributed by atoms with Gasteiger partial charge in [-0.15, -0.1) is 11.3 Å². The van der Waals surface area contributed by atoms with E-state index in [2.05, 4.69) is 42.2 Å². The average molecular weight is 254 g/mol. The molecule has 0 bridgehead atoms. The van der Waals surface area contributed by atoms with Crippen molar-refractivity contribution in [2.24, 2.45) is 5.73 Å². The van der Waals surface area contributed by atoms with Gasteiger partial charge in [-0.05, 0) is 42.8 Å². The number of nitrogens with zero attached hydrogens (tertiary/aromatic N) is 1. The fraction of sp³-hybridized carbons (Fsp3) is 0.133. The van der Waals surface area contributed by atoms with E-state index >= 15 is 0 Å². The lowest BCUT2D eigenvalue weighted by Gasteiger charge is -2.10. The van der Waals surface area contributed by atoms with Crippen molar-refractivity contribution in [1.29, 1.82) is 0 Å². The normalized spacial score (nSPS) is 12.8. The molecule has 3 heteroatoms. The predicted molar refractivity (Wildman–Crippen MR) is 76.8 cm³/mol. The Hall–Kier alpha value is -1.71. The molecule has 0 radical (unpaired) electrons. The van der Waals surface area contributed by atoms with Gasteiger partial charge in [0.1, 0.15) is 0 Å². The maximum atomic E-state index is 6.31. The second kappa shape index (κ2) is 4.52. The van der Waals surface area contributed by atoms with Gasteiger partial charge in [0.25, 0.3) is 0 Å². The Labute approximate surface area is 110 Å². The molecule has 1 unspecified atom stereocenters. The minimum absolute atomic E-state index is 0.0479. The summed E-state index contributed by atoms with van der Waals surface area (Å²) in [5.74, 6) is 0. The molecule has 0 aliphatic heterocycles. The van der Waals surface area contributed by atoms with Gasteiger partial charge in [0.2, 0.25) is 0 Å². The summed E-state index contributed by atoms with van der Waals surface area (Å²) in [6.07, 6.45) is 1.81. The first kappa shape index (κ1) is 11.4. The Morgan fingerprint density at radius 2 is 2.06 bits per heavy atom. The van der Waals surface area contributed by atoms with E-state index in [-0.39, 0.29) is 6.04 Å². The van der Waals surface area contributed by atoms with Crippen molar-refractivity contribution >= 4 is 22.2 Å². The highest BCUT2D eigenvalue weighted by atomic mass is 32.1. The topological polar surface area (TPSA) is 38.9 Å². The van der Waals surface area contributed by atoms with E-state index < -0.39 is 0 Å². The van der Waals surface area contributed by atoms with E-state index in [1.807, 2.05) is 18.3 Å². The highest BCUT2D eigenvalue weighted by Gasteiger charge is 2.11. The molecular weight excluding hydrogens is 240 g/mol. The van der Waals surface area contributed by atoms with Crippen LogP contribution in [0.2, 0.25) is 0 Å². The van der Waals surface area contributed by atoms with E-state index in [1.54, 1.807) is 11.3 Å². The summed E-state index contributed by atoms with van der Waals surface area (Å²) >= 11 is 1.76. The van der Waals surface area contributed by atoms with Crippen LogP contribution in [0.15, 0.2) is 48.7 Å². The molecule has 2 nitrogen and oxygen atoms in total. The molecule has 0 fully saturated rings. The van der Waals surface area contributed by atoms with Crippen LogP contribution in [0.5, 0.6) is 0 Å². The number of aryl methyl sites for hydroxylation is 1. The number of aromatic nitrogens is 1. The Balaban J connectivity index is 2.03. The van der Waals surface area contributed by atoms with Crippen molar-refractivity contribution in [3.63, 3.8) is 0 Å². The van der Waals surface area contributed by atoms with Gasteiger partial charge in [-0.3, -0.25) is 4.98 Å². The molecule has 90 valence electrons. The maximum Gasteiger partial charge on any atom is 0.0702 e. The SMILES string of the molecule is Cc1ccc(C(N)c2ccc3ncccc3c2)s1. The standard InChI is InChI=1S/C15H14N2S/c1-10-4-7-14(18-10)15(16)12-5-6-13-11(9-12)3-2-8-17-13/h2-9,15H,16H2,1H3. The van der Waals surface area contributed by atoms with E-state index in [9.17, 15) is 0 Å². The van der Waals surface area contributed by atoms with Crippen molar-refractivity contribution in [2.45, 2.75) is 13.0 Å². The Bertz CT molecular complexity index is 688. The van der Waals surface area contributed by atoms with Gasteiger partial charge in [-0.2, -0.15) is 0 Å². The summed E-state index contributed by atoms with van der Waals surface area (Å²) in [6.45, 7) is 2.10. The summed E-state index contributed by atoms with van der Waals surface area (Å²) in [5.41, 5.74) is 8.46. The molecule has 3 rings (SSSR count). The summed E-state index contributed by atoms with van der Waals surface area (Å²) in [4.78, 5) is 6.82. The monoisotopic (exact) mass is 254 g/mol. The molecule has 0 aliphatic rings. The Morgan fingerprint density at radius 3 is 2.83 bits per heavy atom.